The topological polar surface area (TPSA) is 97.4 Å². The molecular formula is C15H15N3O3. The van der Waals surface area contributed by atoms with Gasteiger partial charge in [0, 0.05) is 12.6 Å². The van der Waals surface area contributed by atoms with Crippen molar-refractivity contribution in [3.8, 4) is 17.9 Å². The van der Waals surface area contributed by atoms with E-state index in [1.807, 2.05) is 12.1 Å². The first kappa shape index (κ1) is 16.2. The van der Waals surface area contributed by atoms with Crippen LogP contribution in [0.4, 0.5) is 0 Å². The third kappa shape index (κ3) is 6.76. The molecule has 108 valence electrons. The minimum atomic E-state index is -0.995. The SMILES string of the molecule is N#CCN(CC#N)CCOc1ccc(C=CC(=O)O)cc1. The standard InChI is InChI=1S/C15H15N3O3/c16-7-9-18(10-8-17)11-12-21-14-4-1-13(2-5-14)3-6-15(19)20/h1-6H,9-12H2,(H,19,20). The number of hydrogen-bond donors (Lipinski definition) is 1. The van der Waals surface area contributed by atoms with Crippen molar-refractivity contribution in [3.05, 3.63) is 35.9 Å². The number of nitrogens with zero attached hydrogens (tertiary/aromatic N) is 3. The lowest BCUT2D eigenvalue weighted by molar-refractivity contribution is -0.131. The van der Waals surface area contributed by atoms with Crippen LogP contribution in [0.5, 0.6) is 5.75 Å². The van der Waals surface area contributed by atoms with Crippen LogP contribution in [0.3, 0.4) is 0 Å². The summed E-state index contributed by atoms with van der Waals surface area (Å²) in [6.07, 6.45) is 2.56. The molecule has 0 bridgehead atoms. The van der Waals surface area contributed by atoms with Crippen LogP contribution in [0.2, 0.25) is 0 Å². The molecule has 0 aliphatic rings. The average Bonchev–Trinajstić information content (AvgIpc) is 2.47. The van der Waals surface area contributed by atoms with Crippen molar-refractivity contribution in [2.75, 3.05) is 26.2 Å². The number of carbonyl (C=O) groups is 1. The van der Waals surface area contributed by atoms with Gasteiger partial charge in [0.15, 0.2) is 0 Å². The van der Waals surface area contributed by atoms with Gasteiger partial charge in [-0.25, -0.2) is 4.79 Å². The van der Waals surface area contributed by atoms with Gasteiger partial charge in [-0.15, -0.1) is 0 Å². The highest BCUT2D eigenvalue weighted by atomic mass is 16.5. The van der Waals surface area contributed by atoms with E-state index in [2.05, 4.69) is 0 Å². The summed E-state index contributed by atoms with van der Waals surface area (Å²) in [6.45, 7) is 1.24. The van der Waals surface area contributed by atoms with Crippen molar-refractivity contribution in [2.24, 2.45) is 0 Å². The van der Waals surface area contributed by atoms with E-state index in [1.54, 1.807) is 29.2 Å². The lowest BCUT2D eigenvalue weighted by Crippen LogP contribution is -2.29. The molecule has 1 N–H and O–H groups in total. The van der Waals surface area contributed by atoms with Crippen LogP contribution in [-0.2, 0) is 4.79 Å². The zero-order chi connectivity index (χ0) is 15.5. The average molecular weight is 285 g/mol. The van der Waals surface area contributed by atoms with Crippen LogP contribution in [0, 0.1) is 22.7 Å². The molecule has 0 radical (unpaired) electrons. The molecule has 0 fully saturated rings. The molecule has 0 saturated carbocycles. The second kappa shape index (κ2) is 9.13. The molecule has 0 aliphatic carbocycles. The Kier molecular flexibility index (Phi) is 7.06. The van der Waals surface area contributed by atoms with E-state index in [0.29, 0.717) is 18.9 Å². The van der Waals surface area contributed by atoms with E-state index in [0.717, 1.165) is 11.6 Å². The van der Waals surface area contributed by atoms with Crippen LogP contribution in [0.1, 0.15) is 5.56 Å². The maximum absolute atomic E-state index is 10.4. The lowest BCUT2D eigenvalue weighted by atomic mass is 10.2. The van der Waals surface area contributed by atoms with Gasteiger partial charge in [-0.3, -0.25) is 4.90 Å². The Morgan fingerprint density at radius 3 is 2.38 bits per heavy atom. The Balaban J connectivity index is 2.44. The van der Waals surface area contributed by atoms with E-state index in [9.17, 15) is 4.79 Å². The van der Waals surface area contributed by atoms with Crippen LogP contribution >= 0.6 is 0 Å². The smallest absolute Gasteiger partial charge is 0.328 e. The largest absolute Gasteiger partial charge is 0.492 e. The Morgan fingerprint density at radius 1 is 1.24 bits per heavy atom. The maximum atomic E-state index is 10.4. The molecule has 0 unspecified atom stereocenters. The van der Waals surface area contributed by atoms with Gasteiger partial charge in [-0.1, -0.05) is 12.1 Å². The summed E-state index contributed by atoms with van der Waals surface area (Å²) in [6, 6.07) is 11.0. The predicted molar refractivity (Wildman–Crippen MR) is 76.3 cm³/mol. The summed E-state index contributed by atoms with van der Waals surface area (Å²) < 4.78 is 5.51. The van der Waals surface area contributed by atoms with Gasteiger partial charge >= 0.3 is 5.97 Å². The van der Waals surface area contributed by atoms with E-state index in [1.165, 1.54) is 6.08 Å². The predicted octanol–water partition coefficient (Wildman–Crippen LogP) is 1.51. The third-order valence-corrected chi connectivity index (χ3v) is 2.56. The Morgan fingerprint density at radius 2 is 1.86 bits per heavy atom. The molecule has 0 aliphatic heterocycles. The van der Waals surface area contributed by atoms with Crippen molar-refractivity contribution in [2.45, 2.75) is 0 Å². The van der Waals surface area contributed by atoms with Gasteiger partial charge in [0.1, 0.15) is 12.4 Å². The van der Waals surface area contributed by atoms with Crippen LogP contribution in [0.15, 0.2) is 30.3 Å². The first-order valence-corrected chi connectivity index (χ1v) is 6.26. The number of hydrogen-bond acceptors (Lipinski definition) is 5. The molecule has 0 saturated heterocycles. The highest BCUT2D eigenvalue weighted by Crippen LogP contribution is 2.13. The van der Waals surface area contributed by atoms with Gasteiger partial charge in [0.05, 0.1) is 25.2 Å². The zero-order valence-electron chi connectivity index (χ0n) is 11.4. The molecule has 0 aromatic heterocycles. The highest BCUT2D eigenvalue weighted by Gasteiger charge is 2.03. The van der Waals surface area contributed by atoms with Gasteiger partial charge in [-0.2, -0.15) is 10.5 Å². The summed E-state index contributed by atoms with van der Waals surface area (Å²) >= 11 is 0. The second-order valence-electron chi connectivity index (χ2n) is 4.12. The van der Waals surface area contributed by atoms with E-state index >= 15 is 0 Å². The Bertz CT molecular complexity index is 551. The molecule has 0 spiro atoms. The number of carboxylic acid groups (broad SMARTS) is 1. The number of benzene rings is 1. The minimum Gasteiger partial charge on any atom is -0.492 e. The van der Waals surface area contributed by atoms with Crippen LogP contribution in [-0.4, -0.2) is 42.2 Å². The molecule has 0 amide bonds. The molecule has 1 aromatic carbocycles. The Labute approximate surface area is 123 Å². The summed E-state index contributed by atoms with van der Waals surface area (Å²) in [7, 11) is 0. The van der Waals surface area contributed by atoms with E-state index < -0.39 is 5.97 Å². The van der Waals surface area contributed by atoms with Gasteiger partial charge in [0.2, 0.25) is 0 Å². The van der Waals surface area contributed by atoms with Gasteiger partial charge < -0.3 is 9.84 Å². The van der Waals surface area contributed by atoms with Crippen molar-refractivity contribution >= 4 is 12.0 Å². The van der Waals surface area contributed by atoms with E-state index in [-0.39, 0.29) is 13.1 Å². The Hall–Kier alpha value is -2.83. The lowest BCUT2D eigenvalue weighted by Gasteiger charge is -2.15. The summed E-state index contributed by atoms with van der Waals surface area (Å²) in [5, 5.41) is 25.7. The number of aliphatic carboxylic acids is 1. The van der Waals surface area contributed by atoms with Crippen molar-refractivity contribution < 1.29 is 14.6 Å². The normalized spacial score (nSPS) is 10.2. The van der Waals surface area contributed by atoms with Gasteiger partial charge in [-0.05, 0) is 23.8 Å². The molecule has 6 heteroatoms. The van der Waals surface area contributed by atoms with Crippen LogP contribution in [0.25, 0.3) is 6.08 Å². The third-order valence-electron chi connectivity index (χ3n) is 2.56. The number of ether oxygens (including phenoxy) is 1. The molecule has 1 aromatic rings. The number of nitriles is 2. The molecule has 6 nitrogen and oxygen atoms in total. The van der Waals surface area contributed by atoms with Crippen molar-refractivity contribution in [1.82, 2.24) is 4.90 Å². The summed E-state index contributed by atoms with van der Waals surface area (Å²) in [5.41, 5.74) is 0.764. The monoisotopic (exact) mass is 285 g/mol. The zero-order valence-corrected chi connectivity index (χ0v) is 11.4. The summed E-state index contributed by atoms with van der Waals surface area (Å²) in [5.74, 6) is -0.346. The first-order valence-electron chi connectivity index (χ1n) is 6.26. The number of carboxylic acids is 1. The van der Waals surface area contributed by atoms with E-state index in [4.69, 9.17) is 20.4 Å². The van der Waals surface area contributed by atoms with Gasteiger partial charge in [0.25, 0.3) is 0 Å². The van der Waals surface area contributed by atoms with Crippen molar-refractivity contribution in [1.29, 1.82) is 10.5 Å². The van der Waals surface area contributed by atoms with Crippen molar-refractivity contribution in [3.63, 3.8) is 0 Å². The summed E-state index contributed by atoms with van der Waals surface area (Å²) in [4.78, 5) is 12.1. The molecular weight excluding hydrogens is 270 g/mol. The fraction of sp³-hybridized carbons (Fsp3) is 0.267. The number of rotatable bonds is 8. The minimum absolute atomic E-state index is 0.190. The fourth-order valence-electron chi connectivity index (χ4n) is 1.55. The second-order valence-corrected chi connectivity index (χ2v) is 4.12. The fourth-order valence-corrected chi connectivity index (χ4v) is 1.55. The molecule has 1 rings (SSSR count). The molecule has 21 heavy (non-hydrogen) atoms. The highest BCUT2D eigenvalue weighted by molar-refractivity contribution is 5.85. The quantitative estimate of drug-likeness (QED) is 0.574. The molecule has 0 heterocycles. The maximum Gasteiger partial charge on any atom is 0.328 e. The van der Waals surface area contributed by atoms with Crippen LogP contribution < -0.4 is 4.74 Å². The first-order chi connectivity index (χ1) is 10.2. The molecule has 0 atom stereocenters.